The number of carbonyl (C=O) groups is 1. The normalized spacial score (nSPS) is 14.6. The number of aromatic nitrogens is 2. The minimum absolute atomic E-state index is 0.0516. The zero-order valence-electron chi connectivity index (χ0n) is 18.9. The zero-order chi connectivity index (χ0) is 23.4. The second-order valence-corrected chi connectivity index (χ2v) is 9.37. The van der Waals surface area contributed by atoms with Gasteiger partial charge in [-0.25, -0.2) is 4.68 Å². The first-order valence-corrected chi connectivity index (χ1v) is 11.9. The van der Waals surface area contributed by atoms with Gasteiger partial charge in [0.05, 0.1) is 10.0 Å². The number of amides is 1. The van der Waals surface area contributed by atoms with Crippen LogP contribution < -0.4 is 4.74 Å². The maximum Gasteiger partial charge on any atom is 0.274 e. The van der Waals surface area contributed by atoms with Crippen molar-refractivity contribution >= 4 is 29.1 Å². The van der Waals surface area contributed by atoms with Gasteiger partial charge in [0.25, 0.3) is 5.91 Å². The molecule has 2 aromatic carbocycles. The summed E-state index contributed by atoms with van der Waals surface area (Å²) in [5.74, 6) is 1.21. The molecule has 1 aliphatic rings. The predicted octanol–water partition coefficient (Wildman–Crippen LogP) is 5.31. The molecule has 0 unspecified atom stereocenters. The molecular formula is C25H28Cl2N4O2. The van der Waals surface area contributed by atoms with Crippen LogP contribution in [0.2, 0.25) is 10.0 Å². The summed E-state index contributed by atoms with van der Waals surface area (Å²) in [5.41, 5.74) is 2.82. The van der Waals surface area contributed by atoms with Crippen LogP contribution in [-0.2, 0) is 13.3 Å². The van der Waals surface area contributed by atoms with Crippen LogP contribution in [0.5, 0.6) is 5.75 Å². The Bertz CT molecular complexity index is 1090. The number of piperazine rings is 1. The molecule has 1 fully saturated rings. The van der Waals surface area contributed by atoms with Crippen molar-refractivity contribution in [2.24, 2.45) is 0 Å². The van der Waals surface area contributed by atoms with E-state index in [2.05, 4.69) is 36.0 Å². The van der Waals surface area contributed by atoms with E-state index in [0.29, 0.717) is 34.7 Å². The molecule has 0 radical (unpaired) electrons. The molecule has 0 atom stereocenters. The molecular weight excluding hydrogens is 459 g/mol. The molecule has 1 amide bonds. The van der Waals surface area contributed by atoms with E-state index < -0.39 is 0 Å². The highest BCUT2D eigenvalue weighted by molar-refractivity contribution is 6.42. The Labute approximate surface area is 204 Å². The first kappa shape index (κ1) is 23.6. The largest absolute Gasteiger partial charge is 0.471 e. The van der Waals surface area contributed by atoms with Crippen LogP contribution in [0.25, 0.3) is 0 Å². The van der Waals surface area contributed by atoms with E-state index >= 15 is 0 Å². The molecule has 174 valence electrons. The summed E-state index contributed by atoms with van der Waals surface area (Å²) in [6.07, 6.45) is 1.77. The highest BCUT2D eigenvalue weighted by Gasteiger charge is 2.24. The van der Waals surface area contributed by atoms with Crippen molar-refractivity contribution < 1.29 is 9.53 Å². The van der Waals surface area contributed by atoms with Gasteiger partial charge in [0.2, 0.25) is 0 Å². The number of carbonyl (C=O) groups excluding carboxylic acids is 1. The van der Waals surface area contributed by atoms with E-state index in [9.17, 15) is 4.79 Å². The second-order valence-electron chi connectivity index (χ2n) is 8.55. The van der Waals surface area contributed by atoms with Crippen molar-refractivity contribution in [3.63, 3.8) is 0 Å². The third kappa shape index (κ3) is 6.08. The third-order valence-corrected chi connectivity index (χ3v) is 6.56. The van der Waals surface area contributed by atoms with Crippen molar-refractivity contribution in [2.45, 2.75) is 33.0 Å². The number of benzene rings is 2. The van der Waals surface area contributed by atoms with Crippen molar-refractivity contribution in [3.8, 4) is 5.75 Å². The summed E-state index contributed by atoms with van der Waals surface area (Å²) in [7, 11) is 0. The zero-order valence-corrected chi connectivity index (χ0v) is 20.4. The Kier molecular flexibility index (Phi) is 7.58. The lowest BCUT2D eigenvalue weighted by Crippen LogP contribution is -2.48. The standard InChI is InChI=1S/C25H28Cl2N4O2/c1-18(2)20-4-6-21(7-5-20)33-17-31-10-9-24(28-31)25(32)30-13-11-29(12-14-30)16-19-3-8-22(26)23(27)15-19/h3-10,15,18H,11-14,16-17H2,1-2H3. The molecule has 4 rings (SSSR count). The van der Waals surface area contributed by atoms with Crippen LogP contribution in [0.1, 0.15) is 41.4 Å². The topological polar surface area (TPSA) is 50.6 Å². The molecule has 0 saturated carbocycles. The fraction of sp³-hybridized carbons (Fsp3) is 0.360. The molecule has 33 heavy (non-hydrogen) atoms. The molecule has 2 heterocycles. The van der Waals surface area contributed by atoms with Crippen LogP contribution in [0.3, 0.4) is 0 Å². The minimum atomic E-state index is -0.0516. The van der Waals surface area contributed by atoms with Crippen molar-refractivity contribution in [3.05, 3.63) is 81.6 Å². The number of ether oxygens (including phenoxy) is 1. The van der Waals surface area contributed by atoms with Gasteiger partial charge in [0.1, 0.15) is 5.75 Å². The van der Waals surface area contributed by atoms with Gasteiger partial charge in [0, 0.05) is 38.9 Å². The summed E-state index contributed by atoms with van der Waals surface area (Å²) < 4.78 is 7.45. The second kappa shape index (κ2) is 10.6. The van der Waals surface area contributed by atoms with Crippen LogP contribution in [0.4, 0.5) is 0 Å². The number of halogens is 2. The lowest BCUT2D eigenvalue weighted by atomic mass is 10.0. The highest BCUT2D eigenvalue weighted by atomic mass is 35.5. The fourth-order valence-electron chi connectivity index (χ4n) is 3.80. The van der Waals surface area contributed by atoms with Gasteiger partial charge in [-0.05, 0) is 47.4 Å². The van der Waals surface area contributed by atoms with E-state index in [1.54, 1.807) is 16.9 Å². The lowest BCUT2D eigenvalue weighted by molar-refractivity contribution is 0.0621. The predicted molar refractivity (Wildman–Crippen MR) is 131 cm³/mol. The number of rotatable bonds is 7. The molecule has 3 aromatic rings. The minimum Gasteiger partial charge on any atom is -0.471 e. The molecule has 0 bridgehead atoms. The summed E-state index contributed by atoms with van der Waals surface area (Å²) in [4.78, 5) is 17.1. The van der Waals surface area contributed by atoms with Gasteiger partial charge in [0.15, 0.2) is 12.4 Å². The van der Waals surface area contributed by atoms with Crippen LogP contribution in [0, 0.1) is 0 Å². The van der Waals surface area contributed by atoms with Gasteiger partial charge in [-0.1, -0.05) is 55.2 Å². The van der Waals surface area contributed by atoms with E-state index in [1.807, 2.05) is 35.2 Å². The smallest absolute Gasteiger partial charge is 0.274 e. The molecule has 1 saturated heterocycles. The molecule has 0 spiro atoms. The monoisotopic (exact) mass is 486 g/mol. The van der Waals surface area contributed by atoms with Crippen LogP contribution in [-0.4, -0.2) is 51.7 Å². The quantitative estimate of drug-likeness (QED) is 0.454. The molecule has 8 heteroatoms. The van der Waals surface area contributed by atoms with E-state index in [4.69, 9.17) is 27.9 Å². The Hall–Kier alpha value is -2.54. The van der Waals surface area contributed by atoms with E-state index in [1.165, 1.54) is 5.56 Å². The highest BCUT2D eigenvalue weighted by Crippen LogP contribution is 2.23. The summed E-state index contributed by atoms with van der Waals surface area (Å²) in [6.45, 7) is 8.26. The van der Waals surface area contributed by atoms with Crippen molar-refractivity contribution in [2.75, 3.05) is 26.2 Å². The van der Waals surface area contributed by atoms with Crippen molar-refractivity contribution in [1.82, 2.24) is 19.6 Å². The third-order valence-electron chi connectivity index (χ3n) is 5.82. The van der Waals surface area contributed by atoms with Crippen LogP contribution >= 0.6 is 23.2 Å². The van der Waals surface area contributed by atoms with Gasteiger partial charge in [-0.15, -0.1) is 0 Å². The van der Waals surface area contributed by atoms with E-state index in [-0.39, 0.29) is 12.6 Å². The van der Waals surface area contributed by atoms with Gasteiger partial charge in [-0.3, -0.25) is 9.69 Å². The molecule has 6 nitrogen and oxygen atoms in total. The molecule has 1 aromatic heterocycles. The maximum atomic E-state index is 12.9. The van der Waals surface area contributed by atoms with Gasteiger partial charge >= 0.3 is 0 Å². The molecule has 1 aliphatic heterocycles. The number of hydrogen-bond acceptors (Lipinski definition) is 4. The van der Waals surface area contributed by atoms with Crippen LogP contribution in [0.15, 0.2) is 54.7 Å². The van der Waals surface area contributed by atoms with Gasteiger partial charge in [-0.2, -0.15) is 5.10 Å². The SMILES string of the molecule is CC(C)c1ccc(OCn2ccc(C(=O)N3CCN(Cc4ccc(Cl)c(Cl)c4)CC3)n2)cc1. The Morgan fingerprint density at radius 3 is 2.39 bits per heavy atom. The molecule has 0 aliphatic carbocycles. The number of nitrogens with zero attached hydrogens (tertiary/aromatic N) is 4. The average molecular weight is 487 g/mol. The lowest BCUT2D eigenvalue weighted by Gasteiger charge is -2.34. The molecule has 0 N–H and O–H groups in total. The first-order valence-electron chi connectivity index (χ1n) is 11.1. The Morgan fingerprint density at radius 2 is 1.73 bits per heavy atom. The summed E-state index contributed by atoms with van der Waals surface area (Å²) in [6, 6.07) is 15.5. The Balaban J connectivity index is 1.26. The first-order chi connectivity index (χ1) is 15.9. The van der Waals surface area contributed by atoms with E-state index in [0.717, 1.165) is 30.9 Å². The van der Waals surface area contributed by atoms with Gasteiger partial charge < -0.3 is 9.64 Å². The maximum absolute atomic E-state index is 12.9. The van der Waals surface area contributed by atoms with Crippen molar-refractivity contribution in [1.29, 1.82) is 0 Å². The fourth-order valence-corrected chi connectivity index (χ4v) is 4.13. The average Bonchev–Trinajstić information content (AvgIpc) is 3.29. The summed E-state index contributed by atoms with van der Waals surface area (Å²) in [5, 5.41) is 5.54. The number of hydrogen-bond donors (Lipinski definition) is 0. The summed E-state index contributed by atoms with van der Waals surface area (Å²) >= 11 is 12.1. The Morgan fingerprint density at radius 1 is 1.00 bits per heavy atom.